The Hall–Kier alpha value is -3.59. The molecule has 9 heteroatoms. The molecule has 0 saturated heterocycles. The van der Waals surface area contributed by atoms with E-state index >= 15 is 0 Å². The number of rotatable bonds is 8. The lowest BCUT2D eigenvalue weighted by atomic mass is 10.0. The highest BCUT2D eigenvalue weighted by molar-refractivity contribution is 6.07. The van der Waals surface area contributed by atoms with Crippen molar-refractivity contribution in [2.24, 2.45) is 0 Å². The molecule has 0 spiro atoms. The van der Waals surface area contributed by atoms with E-state index < -0.39 is 5.82 Å². The number of carbonyl (C=O) groups is 1. The van der Waals surface area contributed by atoms with Crippen molar-refractivity contribution < 1.29 is 23.4 Å². The van der Waals surface area contributed by atoms with Crippen molar-refractivity contribution in [3.8, 4) is 22.8 Å². The van der Waals surface area contributed by atoms with Crippen molar-refractivity contribution in [1.29, 1.82) is 0 Å². The van der Waals surface area contributed by atoms with Gasteiger partial charge in [-0.25, -0.2) is 4.39 Å². The second-order valence-corrected chi connectivity index (χ2v) is 8.26. The molecule has 0 radical (unpaired) electrons. The van der Waals surface area contributed by atoms with Gasteiger partial charge in [0.25, 0.3) is 5.91 Å². The summed E-state index contributed by atoms with van der Waals surface area (Å²) in [6.45, 7) is 2.24. The zero-order chi connectivity index (χ0) is 23.1. The Morgan fingerprint density at radius 2 is 2.15 bits per heavy atom. The highest BCUT2D eigenvalue weighted by atomic mass is 19.1. The fraction of sp³-hybridized carbons (Fsp3) is 0.333. The molecule has 2 aromatic heterocycles. The normalized spacial score (nSPS) is 19.2. The van der Waals surface area contributed by atoms with E-state index in [0.717, 1.165) is 17.7 Å². The lowest BCUT2D eigenvalue weighted by Crippen LogP contribution is -2.31. The number of hydrogen-bond acceptors (Lipinski definition) is 6. The lowest BCUT2D eigenvalue weighted by molar-refractivity contribution is 0.0717. The van der Waals surface area contributed by atoms with Crippen LogP contribution in [0.2, 0.25) is 0 Å². The second-order valence-electron chi connectivity index (χ2n) is 8.26. The molecule has 3 heterocycles. The van der Waals surface area contributed by atoms with Crippen LogP contribution in [0.25, 0.3) is 11.3 Å². The Kier molecular flexibility index (Phi) is 5.41. The highest BCUT2D eigenvalue weighted by Gasteiger charge is 2.48. The minimum absolute atomic E-state index is 0.0686. The van der Waals surface area contributed by atoms with Gasteiger partial charge in [0.05, 0.1) is 42.0 Å². The SMILES string of the molecule is COc1c(F)cccc1Nc1c(-c2ccncc2OC[C@H](C)OC)[nH]c2c1C(=O)NC1C[C@H]21. The number of aromatic amines is 1. The molecule has 1 aliphatic carbocycles. The van der Waals surface area contributed by atoms with Crippen molar-refractivity contribution in [2.45, 2.75) is 31.4 Å². The number of aromatic nitrogens is 2. The Morgan fingerprint density at radius 1 is 1.30 bits per heavy atom. The van der Waals surface area contributed by atoms with E-state index in [0.29, 0.717) is 35.0 Å². The van der Waals surface area contributed by atoms with Gasteiger partial charge in [-0.1, -0.05) is 6.07 Å². The number of H-pyrrole nitrogens is 1. The zero-order valence-electron chi connectivity index (χ0n) is 18.6. The Labute approximate surface area is 190 Å². The fourth-order valence-electron chi connectivity index (χ4n) is 4.20. The Balaban J connectivity index is 1.63. The zero-order valence-corrected chi connectivity index (χ0v) is 18.6. The maximum absolute atomic E-state index is 14.4. The summed E-state index contributed by atoms with van der Waals surface area (Å²) >= 11 is 0. The summed E-state index contributed by atoms with van der Waals surface area (Å²) in [5, 5.41) is 6.29. The summed E-state index contributed by atoms with van der Waals surface area (Å²) in [7, 11) is 3.03. The molecule has 1 saturated carbocycles. The largest absolute Gasteiger partial charge is 0.492 e. The summed E-state index contributed by atoms with van der Waals surface area (Å²) in [6.07, 6.45) is 4.06. The maximum Gasteiger partial charge on any atom is 0.255 e. The summed E-state index contributed by atoms with van der Waals surface area (Å²) < 4.78 is 30.9. The first-order valence-electron chi connectivity index (χ1n) is 10.8. The van der Waals surface area contributed by atoms with E-state index in [4.69, 9.17) is 14.2 Å². The van der Waals surface area contributed by atoms with Crippen LogP contribution in [0.5, 0.6) is 11.5 Å². The molecular weight excluding hydrogens is 427 g/mol. The average Bonchev–Trinajstić information content (AvgIpc) is 3.49. The number of amides is 1. The van der Waals surface area contributed by atoms with Crippen LogP contribution in [-0.2, 0) is 4.74 Å². The first kappa shape index (κ1) is 21.3. The van der Waals surface area contributed by atoms with Crippen molar-refractivity contribution in [2.75, 3.05) is 26.1 Å². The molecule has 33 heavy (non-hydrogen) atoms. The van der Waals surface area contributed by atoms with Crippen LogP contribution >= 0.6 is 0 Å². The van der Waals surface area contributed by atoms with E-state index in [1.54, 1.807) is 31.6 Å². The number of halogens is 1. The number of pyridine rings is 1. The number of fused-ring (bicyclic) bond motifs is 3. The standard InChI is InChI=1S/C24H25FN4O4/c1-12(31-2)11-33-18-10-26-8-7-13(18)21-22(27-16-6-4-5-15(25)23(16)32-3)19-20(29-21)14-9-17(14)28-24(19)30/h4-8,10,12,14,17,27,29H,9,11H2,1-3H3,(H,28,30)/t12-,14-,17?/m0/s1. The number of anilines is 2. The lowest BCUT2D eigenvalue weighted by Gasteiger charge is -2.17. The number of hydrogen-bond donors (Lipinski definition) is 3. The van der Waals surface area contributed by atoms with Gasteiger partial charge >= 0.3 is 0 Å². The topological polar surface area (TPSA) is 97.5 Å². The average molecular weight is 452 g/mol. The molecule has 3 aromatic rings. The molecule has 3 atom stereocenters. The van der Waals surface area contributed by atoms with Gasteiger partial charge in [-0.15, -0.1) is 0 Å². The van der Waals surface area contributed by atoms with Gasteiger partial charge in [0.1, 0.15) is 12.4 Å². The van der Waals surface area contributed by atoms with Crippen molar-refractivity contribution in [3.05, 3.63) is 53.7 Å². The molecule has 2 aliphatic rings. The molecule has 5 rings (SSSR count). The Bertz CT molecular complexity index is 1210. The number of carbonyl (C=O) groups excluding carboxylic acids is 1. The quantitative estimate of drug-likeness (QED) is 0.478. The van der Waals surface area contributed by atoms with E-state index in [1.165, 1.54) is 13.2 Å². The van der Waals surface area contributed by atoms with Crippen LogP contribution in [0.3, 0.4) is 0 Å². The molecule has 1 fully saturated rings. The van der Waals surface area contributed by atoms with Crippen LogP contribution < -0.4 is 20.1 Å². The molecule has 1 amide bonds. The molecule has 1 aliphatic heterocycles. The predicted molar refractivity (Wildman–Crippen MR) is 121 cm³/mol. The number of para-hydroxylation sites is 1. The molecule has 1 unspecified atom stereocenters. The molecule has 0 bridgehead atoms. The van der Waals surface area contributed by atoms with Gasteiger partial charge < -0.3 is 29.8 Å². The second kappa shape index (κ2) is 8.40. The van der Waals surface area contributed by atoms with Crippen LogP contribution in [0.4, 0.5) is 15.8 Å². The molecule has 1 aromatic carbocycles. The molecule has 172 valence electrons. The first-order valence-corrected chi connectivity index (χ1v) is 10.8. The maximum atomic E-state index is 14.4. The van der Waals surface area contributed by atoms with Crippen molar-refractivity contribution >= 4 is 17.3 Å². The van der Waals surface area contributed by atoms with Crippen molar-refractivity contribution in [3.63, 3.8) is 0 Å². The van der Waals surface area contributed by atoms with Crippen LogP contribution in [-0.4, -0.2) is 48.8 Å². The smallest absolute Gasteiger partial charge is 0.255 e. The van der Waals surface area contributed by atoms with Crippen molar-refractivity contribution in [1.82, 2.24) is 15.3 Å². The van der Waals surface area contributed by atoms with Crippen LogP contribution in [0.1, 0.15) is 35.3 Å². The molecule has 8 nitrogen and oxygen atoms in total. The number of ether oxygens (including phenoxy) is 3. The third-order valence-electron chi connectivity index (χ3n) is 6.09. The van der Waals surface area contributed by atoms with E-state index in [1.807, 2.05) is 13.0 Å². The summed E-state index contributed by atoms with van der Waals surface area (Å²) in [5.41, 5.74) is 3.72. The Morgan fingerprint density at radius 3 is 2.94 bits per heavy atom. The minimum atomic E-state index is -0.498. The van der Waals surface area contributed by atoms with Gasteiger partial charge in [0.2, 0.25) is 0 Å². The predicted octanol–water partition coefficient (Wildman–Crippen LogP) is 3.98. The van der Waals surface area contributed by atoms with Crippen LogP contribution in [0, 0.1) is 5.82 Å². The number of methoxy groups -OCH3 is 2. The van der Waals surface area contributed by atoms with Gasteiger partial charge in [0, 0.05) is 36.5 Å². The highest BCUT2D eigenvalue weighted by Crippen LogP contribution is 2.51. The molecular formula is C24H25FN4O4. The fourth-order valence-corrected chi connectivity index (χ4v) is 4.20. The van der Waals surface area contributed by atoms with E-state index in [9.17, 15) is 9.18 Å². The van der Waals surface area contributed by atoms with Crippen LogP contribution in [0.15, 0.2) is 36.7 Å². The van der Waals surface area contributed by atoms with Gasteiger partial charge in [0.15, 0.2) is 11.6 Å². The third-order valence-corrected chi connectivity index (χ3v) is 6.09. The van der Waals surface area contributed by atoms with Gasteiger partial charge in [-0.05, 0) is 31.5 Å². The van der Waals surface area contributed by atoms with Gasteiger partial charge in [-0.3, -0.25) is 9.78 Å². The van der Waals surface area contributed by atoms with E-state index in [2.05, 4.69) is 20.6 Å². The summed E-state index contributed by atoms with van der Waals surface area (Å²) in [6, 6.07) is 6.58. The minimum Gasteiger partial charge on any atom is -0.492 e. The van der Waals surface area contributed by atoms with E-state index in [-0.39, 0.29) is 29.7 Å². The summed E-state index contributed by atoms with van der Waals surface area (Å²) in [4.78, 5) is 20.7. The summed E-state index contributed by atoms with van der Waals surface area (Å²) in [5.74, 6) is 0.164. The number of benzene rings is 1. The number of nitrogens with one attached hydrogen (secondary N) is 3. The monoisotopic (exact) mass is 452 g/mol. The third kappa shape index (κ3) is 3.78. The number of nitrogens with zero attached hydrogens (tertiary/aromatic N) is 1. The van der Waals surface area contributed by atoms with Gasteiger partial charge in [-0.2, -0.15) is 0 Å². The molecule has 3 N–H and O–H groups in total. The first-order chi connectivity index (χ1) is 16.0.